The van der Waals surface area contributed by atoms with Gasteiger partial charge in [-0.25, -0.2) is 8.42 Å². The van der Waals surface area contributed by atoms with E-state index in [9.17, 15) is 13.2 Å². The molecular formula is C21H22N2O3S2. The Balaban J connectivity index is 1.69. The highest BCUT2D eigenvalue weighted by atomic mass is 32.2. The largest absolute Gasteiger partial charge is 0.315 e. The molecule has 0 spiro atoms. The van der Waals surface area contributed by atoms with Gasteiger partial charge in [0.2, 0.25) is 0 Å². The lowest BCUT2D eigenvalue weighted by atomic mass is 10.1. The second kappa shape index (κ2) is 7.37. The van der Waals surface area contributed by atoms with E-state index in [0.717, 1.165) is 22.4 Å². The van der Waals surface area contributed by atoms with Gasteiger partial charge in [-0.05, 0) is 36.6 Å². The summed E-state index contributed by atoms with van der Waals surface area (Å²) in [5.74, 6) is 0.0198. The van der Waals surface area contributed by atoms with Crippen LogP contribution in [0, 0.1) is 13.8 Å². The average Bonchev–Trinajstić information content (AvgIpc) is 3.09. The number of aliphatic imine (C=N–C) groups is 1. The lowest BCUT2D eigenvalue weighted by Crippen LogP contribution is -2.38. The van der Waals surface area contributed by atoms with E-state index in [0.29, 0.717) is 5.17 Å². The number of hydrogen-bond acceptors (Lipinski definition) is 4. The third kappa shape index (κ3) is 3.86. The van der Waals surface area contributed by atoms with E-state index in [4.69, 9.17) is 0 Å². The first-order valence-electron chi connectivity index (χ1n) is 9.21. The van der Waals surface area contributed by atoms with Crippen molar-refractivity contribution in [3.8, 4) is 0 Å². The summed E-state index contributed by atoms with van der Waals surface area (Å²) < 4.78 is 24.4. The fraction of sp³-hybridized carbons (Fsp3) is 0.333. The van der Waals surface area contributed by atoms with Crippen LogP contribution in [0.4, 0.5) is 5.69 Å². The van der Waals surface area contributed by atoms with E-state index in [2.05, 4.69) is 4.99 Å². The molecule has 2 aromatic carbocycles. The van der Waals surface area contributed by atoms with E-state index in [1.165, 1.54) is 11.8 Å². The fourth-order valence-corrected chi connectivity index (χ4v) is 7.67. The average molecular weight is 415 g/mol. The van der Waals surface area contributed by atoms with Gasteiger partial charge in [-0.3, -0.25) is 4.79 Å². The van der Waals surface area contributed by atoms with Crippen molar-refractivity contribution in [2.75, 3.05) is 16.4 Å². The number of sulfone groups is 1. The molecule has 28 heavy (non-hydrogen) atoms. The molecule has 2 aliphatic rings. The van der Waals surface area contributed by atoms with Crippen LogP contribution >= 0.6 is 11.8 Å². The number of carbonyl (C=O) groups is 1. The van der Waals surface area contributed by atoms with Crippen LogP contribution in [-0.4, -0.2) is 42.3 Å². The first-order valence-corrected chi connectivity index (χ1v) is 11.9. The van der Waals surface area contributed by atoms with Crippen LogP contribution in [0.5, 0.6) is 0 Å². The molecule has 0 aliphatic carbocycles. The van der Waals surface area contributed by atoms with E-state index >= 15 is 0 Å². The van der Waals surface area contributed by atoms with E-state index in [-0.39, 0.29) is 35.1 Å². The molecular weight excluding hydrogens is 392 g/mol. The van der Waals surface area contributed by atoms with Crippen LogP contribution in [0.2, 0.25) is 0 Å². The summed E-state index contributed by atoms with van der Waals surface area (Å²) in [4.78, 5) is 19.0. The second-order valence-corrected chi connectivity index (χ2v) is 10.8. The Labute approximate surface area is 169 Å². The van der Waals surface area contributed by atoms with E-state index < -0.39 is 9.84 Å². The van der Waals surface area contributed by atoms with Crippen molar-refractivity contribution < 1.29 is 13.2 Å². The zero-order chi connectivity index (χ0) is 19.9. The first kappa shape index (κ1) is 19.2. The lowest BCUT2D eigenvalue weighted by molar-refractivity contribution is -0.117. The Morgan fingerprint density at radius 1 is 1.14 bits per heavy atom. The van der Waals surface area contributed by atoms with Gasteiger partial charge in [0.05, 0.1) is 24.0 Å². The summed E-state index contributed by atoms with van der Waals surface area (Å²) in [5.41, 5.74) is 3.98. The van der Waals surface area contributed by atoms with Gasteiger partial charge in [0.15, 0.2) is 15.0 Å². The number of anilines is 1. The monoisotopic (exact) mass is 414 g/mol. The summed E-state index contributed by atoms with van der Waals surface area (Å²) in [6, 6.07) is 15.4. The van der Waals surface area contributed by atoms with Gasteiger partial charge in [-0.1, -0.05) is 54.2 Å². The zero-order valence-electron chi connectivity index (χ0n) is 15.8. The number of carbonyl (C=O) groups excluding carboxylic acids is 1. The quantitative estimate of drug-likeness (QED) is 0.772. The number of nitrogens with zero attached hydrogens (tertiary/aromatic N) is 2. The molecule has 2 aromatic rings. The van der Waals surface area contributed by atoms with Gasteiger partial charge < -0.3 is 4.90 Å². The number of thioether (sulfide) groups is 1. The van der Waals surface area contributed by atoms with Gasteiger partial charge >= 0.3 is 0 Å². The Hall–Kier alpha value is -2.12. The topological polar surface area (TPSA) is 66.8 Å². The zero-order valence-corrected chi connectivity index (χ0v) is 17.5. The number of aryl methyl sites for hydroxylation is 2. The summed E-state index contributed by atoms with van der Waals surface area (Å²) in [7, 11) is -3.07. The standard InChI is InChI=1S/C21H22N2O3S2/c1-14-8-9-15(2)17(10-14)23-18-12-28(25,26)13-19(18)27-21(23)22-20(24)11-16-6-4-3-5-7-16/h3-10,18-19H,11-13H2,1-2H3/t18-,19-/m0/s1. The minimum absolute atomic E-state index is 0.0896. The third-order valence-electron chi connectivity index (χ3n) is 5.11. The molecule has 0 aromatic heterocycles. The van der Waals surface area contributed by atoms with Gasteiger partial charge in [0.1, 0.15) is 0 Å². The van der Waals surface area contributed by atoms with Crippen molar-refractivity contribution in [3.05, 3.63) is 65.2 Å². The smallest absolute Gasteiger partial charge is 0.252 e. The molecule has 2 aliphatic heterocycles. The summed E-state index contributed by atoms with van der Waals surface area (Å²) in [6.07, 6.45) is 0.235. The minimum Gasteiger partial charge on any atom is -0.315 e. The predicted molar refractivity (Wildman–Crippen MR) is 115 cm³/mol. The molecule has 2 fully saturated rings. The van der Waals surface area contributed by atoms with Crippen LogP contribution in [-0.2, 0) is 21.1 Å². The fourth-order valence-electron chi connectivity index (χ4n) is 3.74. The van der Waals surface area contributed by atoms with Crippen LogP contribution in [0.15, 0.2) is 53.5 Å². The predicted octanol–water partition coefficient (Wildman–Crippen LogP) is 3.15. The van der Waals surface area contributed by atoms with E-state index in [1.54, 1.807) is 0 Å². The van der Waals surface area contributed by atoms with Gasteiger partial charge in [-0.15, -0.1) is 0 Å². The highest BCUT2D eigenvalue weighted by Gasteiger charge is 2.49. The number of amides is 1. The molecule has 0 bridgehead atoms. The van der Waals surface area contributed by atoms with Crippen LogP contribution in [0.3, 0.4) is 0 Å². The normalized spacial score (nSPS) is 24.5. The lowest BCUT2D eigenvalue weighted by Gasteiger charge is -2.26. The Kier molecular flexibility index (Phi) is 5.05. The molecule has 2 atom stereocenters. The summed E-state index contributed by atoms with van der Waals surface area (Å²) >= 11 is 1.42. The number of hydrogen-bond donors (Lipinski definition) is 0. The Bertz CT molecular complexity index is 1050. The van der Waals surface area contributed by atoms with Crippen molar-refractivity contribution in [2.45, 2.75) is 31.6 Å². The number of rotatable bonds is 3. The molecule has 1 amide bonds. The highest BCUT2D eigenvalue weighted by molar-refractivity contribution is 8.16. The van der Waals surface area contributed by atoms with Gasteiger partial charge in [-0.2, -0.15) is 4.99 Å². The molecule has 7 heteroatoms. The third-order valence-corrected chi connectivity index (χ3v) is 8.32. The van der Waals surface area contributed by atoms with Crippen LogP contribution in [0.1, 0.15) is 16.7 Å². The number of amidine groups is 1. The second-order valence-electron chi connectivity index (χ2n) is 7.41. The maximum Gasteiger partial charge on any atom is 0.252 e. The minimum atomic E-state index is -3.07. The van der Waals surface area contributed by atoms with Crippen molar-refractivity contribution >= 4 is 38.4 Å². The molecule has 4 rings (SSSR count). The molecule has 0 radical (unpaired) electrons. The van der Waals surface area contributed by atoms with Gasteiger partial charge in [0, 0.05) is 10.9 Å². The number of fused-ring (bicyclic) bond motifs is 1. The molecule has 5 nitrogen and oxygen atoms in total. The Morgan fingerprint density at radius 2 is 1.89 bits per heavy atom. The SMILES string of the molecule is Cc1ccc(C)c(N2C(=NC(=O)Cc3ccccc3)S[C@H]3CS(=O)(=O)C[C@@H]32)c1. The molecule has 2 heterocycles. The number of benzene rings is 2. The van der Waals surface area contributed by atoms with E-state index in [1.807, 2.05) is 67.3 Å². The molecule has 0 saturated carbocycles. The van der Waals surface area contributed by atoms with Crippen molar-refractivity contribution in [3.63, 3.8) is 0 Å². The maximum atomic E-state index is 12.6. The molecule has 0 unspecified atom stereocenters. The van der Waals surface area contributed by atoms with Crippen LogP contribution < -0.4 is 4.90 Å². The molecule has 146 valence electrons. The summed E-state index contributed by atoms with van der Waals surface area (Å²) in [6.45, 7) is 4.01. The van der Waals surface area contributed by atoms with Crippen molar-refractivity contribution in [2.24, 2.45) is 4.99 Å². The maximum absolute atomic E-state index is 12.6. The molecule has 0 N–H and O–H groups in total. The van der Waals surface area contributed by atoms with Gasteiger partial charge in [0.25, 0.3) is 5.91 Å². The first-order chi connectivity index (χ1) is 13.3. The van der Waals surface area contributed by atoms with Crippen molar-refractivity contribution in [1.82, 2.24) is 0 Å². The summed E-state index contributed by atoms with van der Waals surface area (Å²) in [5, 5.41) is 0.521. The molecule has 2 saturated heterocycles. The van der Waals surface area contributed by atoms with Crippen molar-refractivity contribution in [1.29, 1.82) is 0 Å². The van der Waals surface area contributed by atoms with Crippen LogP contribution in [0.25, 0.3) is 0 Å². The Morgan fingerprint density at radius 3 is 2.64 bits per heavy atom. The highest BCUT2D eigenvalue weighted by Crippen LogP contribution is 2.42.